The Morgan fingerprint density at radius 1 is 1.29 bits per heavy atom. The molecule has 1 aromatic rings. The second-order valence-electron chi connectivity index (χ2n) is 6.22. The van der Waals surface area contributed by atoms with Gasteiger partial charge in [0.1, 0.15) is 0 Å². The highest BCUT2D eigenvalue weighted by atomic mass is 32.2. The maximum Gasteiger partial charge on any atom is 0.192 e. The summed E-state index contributed by atoms with van der Waals surface area (Å²) >= 11 is 0. The van der Waals surface area contributed by atoms with Crippen LogP contribution in [0.25, 0.3) is 0 Å². The quantitative estimate of drug-likeness (QED) is 0.933. The summed E-state index contributed by atoms with van der Waals surface area (Å²) in [5.41, 5.74) is 3.47. The molecular weight excluding hydrogens is 284 g/mol. The highest BCUT2D eigenvalue weighted by Crippen LogP contribution is 2.36. The molecule has 1 aliphatic carbocycles. The second kappa shape index (κ2) is 5.44. The Kier molecular flexibility index (Phi) is 3.78. The molecule has 5 heteroatoms. The lowest BCUT2D eigenvalue weighted by molar-refractivity contribution is 0.550. The molecule has 114 valence electrons. The first-order valence-corrected chi connectivity index (χ1v) is 9.47. The zero-order valence-electron chi connectivity index (χ0n) is 12.6. The predicted molar refractivity (Wildman–Crippen MR) is 82.6 cm³/mol. The summed E-state index contributed by atoms with van der Waals surface area (Å²) in [7, 11) is -3.23. The molecule has 1 unspecified atom stereocenters. The first kappa shape index (κ1) is 14.6. The maximum atomic E-state index is 11.6. The van der Waals surface area contributed by atoms with Crippen LogP contribution in [0.15, 0.2) is 29.1 Å². The van der Waals surface area contributed by atoms with E-state index in [4.69, 9.17) is 0 Å². The Balaban J connectivity index is 1.77. The van der Waals surface area contributed by atoms with E-state index in [9.17, 15) is 8.42 Å². The summed E-state index contributed by atoms with van der Waals surface area (Å²) in [5, 5.41) is 3.78. The number of aromatic nitrogens is 1. The summed E-state index contributed by atoms with van der Waals surface area (Å²) < 4.78 is 23.1. The summed E-state index contributed by atoms with van der Waals surface area (Å²) in [4.78, 5) is 4.13. The molecule has 1 N–H and O–H groups in total. The molecule has 1 fully saturated rings. The van der Waals surface area contributed by atoms with Crippen LogP contribution >= 0.6 is 0 Å². The lowest BCUT2D eigenvalue weighted by Crippen LogP contribution is -2.20. The molecule has 0 spiro atoms. The zero-order chi connectivity index (χ0) is 15.0. The van der Waals surface area contributed by atoms with E-state index in [1.165, 1.54) is 37.6 Å². The van der Waals surface area contributed by atoms with E-state index in [1.54, 1.807) is 12.3 Å². The van der Waals surface area contributed by atoms with Crippen LogP contribution in [0.1, 0.15) is 49.3 Å². The van der Waals surface area contributed by atoms with Crippen LogP contribution in [0, 0.1) is 12.8 Å². The minimum absolute atomic E-state index is 0.158. The smallest absolute Gasteiger partial charge is 0.192 e. The van der Waals surface area contributed by atoms with E-state index in [2.05, 4.69) is 16.4 Å². The lowest BCUT2D eigenvalue weighted by Gasteiger charge is -2.19. The van der Waals surface area contributed by atoms with Gasteiger partial charge in [-0.1, -0.05) is 18.9 Å². The number of hydrogen-bond donors (Lipinski definition) is 1. The first-order valence-electron chi connectivity index (χ1n) is 7.58. The molecule has 2 aliphatic rings. The topological polar surface area (TPSA) is 59.1 Å². The normalized spacial score (nSPS) is 23.1. The fourth-order valence-electron chi connectivity index (χ4n) is 3.40. The van der Waals surface area contributed by atoms with Crippen molar-refractivity contribution in [2.45, 2.75) is 50.1 Å². The minimum atomic E-state index is -3.23. The van der Waals surface area contributed by atoms with Crippen LogP contribution < -0.4 is 5.32 Å². The van der Waals surface area contributed by atoms with Crippen molar-refractivity contribution in [3.8, 4) is 0 Å². The number of hydrogen-bond acceptors (Lipinski definition) is 4. The molecule has 1 aliphatic heterocycles. The van der Waals surface area contributed by atoms with Gasteiger partial charge in [0.15, 0.2) is 14.9 Å². The molecule has 0 bridgehead atoms. The molecule has 2 heterocycles. The van der Waals surface area contributed by atoms with Gasteiger partial charge in [-0.2, -0.15) is 0 Å². The van der Waals surface area contributed by atoms with Crippen LogP contribution in [0.2, 0.25) is 0 Å². The third kappa shape index (κ3) is 2.98. The number of nitrogens with one attached hydrogen (secondary N) is 1. The van der Waals surface area contributed by atoms with Gasteiger partial charge in [0.05, 0.1) is 6.04 Å². The summed E-state index contributed by atoms with van der Waals surface area (Å²) in [5.74, 6) is 0.693. The summed E-state index contributed by atoms with van der Waals surface area (Å²) in [6.45, 7) is 1.96. The predicted octanol–water partition coefficient (Wildman–Crippen LogP) is 2.90. The Morgan fingerprint density at radius 2 is 2.00 bits per heavy atom. The van der Waals surface area contributed by atoms with Crippen LogP contribution in [0.5, 0.6) is 0 Å². The SMILES string of the molecule is Cc1cc(S(C)(=O)=O)ncc1C1CC=C(C2CCCC2)N1. The molecule has 1 saturated carbocycles. The Bertz CT molecular complexity index is 674. The van der Waals surface area contributed by atoms with Crippen molar-refractivity contribution < 1.29 is 8.42 Å². The standard InChI is InChI=1S/C16H22N2O2S/c1-11-9-16(21(2,19)20)17-10-13(11)15-8-7-14(18-15)12-5-3-4-6-12/h7,9-10,12,15,18H,3-6,8H2,1-2H3. The fourth-order valence-corrected chi connectivity index (χ4v) is 4.03. The third-order valence-corrected chi connectivity index (χ3v) is 5.57. The number of allylic oxidation sites excluding steroid dienone is 1. The molecule has 3 rings (SSSR count). The number of pyridine rings is 1. The van der Waals surface area contributed by atoms with Gasteiger partial charge >= 0.3 is 0 Å². The molecule has 21 heavy (non-hydrogen) atoms. The van der Waals surface area contributed by atoms with Crippen molar-refractivity contribution in [2.24, 2.45) is 5.92 Å². The highest BCUT2D eigenvalue weighted by Gasteiger charge is 2.27. The molecule has 4 nitrogen and oxygen atoms in total. The van der Waals surface area contributed by atoms with Gasteiger partial charge in [0.2, 0.25) is 0 Å². The van der Waals surface area contributed by atoms with Crippen molar-refractivity contribution in [3.05, 3.63) is 35.2 Å². The second-order valence-corrected chi connectivity index (χ2v) is 8.19. The molecule has 0 amide bonds. The Morgan fingerprint density at radius 3 is 2.62 bits per heavy atom. The van der Waals surface area contributed by atoms with Crippen molar-refractivity contribution in [1.29, 1.82) is 0 Å². The zero-order valence-corrected chi connectivity index (χ0v) is 13.4. The van der Waals surface area contributed by atoms with Crippen molar-refractivity contribution in [1.82, 2.24) is 10.3 Å². The monoisotopic (exact) mass is 306 g/mol. The van der Waals surface area contributed by atoms with Crippen molar-refractivity contribution in [2.75, 3.05) is 6.26 Å². The average molecular weight is 306 g/mol. The fraction of sp³-hybridized carbons (Fsp3) is 0.562. The van der Waals surface area contributed by atoms with Gasteiger partial charge in [-0.15, -0.1) is 0 Å². The van der Waals surface area contributed by atoms with Crippen molar-refractivity contribution >= 4 is 9.84 Å². The minimum Gasteiger partial charge on any atom is -0.381 e. The van der Waals surface area contributed by atoms with E-state index >= 15 is 0 Å². The van der Waals surface area contributed by atoms with Crippen molar-refractivity contribution in [3.63, 3.8) is 0 Å². The van der Waals surface area contributed by atoms with Gasteiger partial charge in [0.25, 0.3) is 0 Å². The van der Waals surface area contributed by atoms with E-state index in [0.29, 0.717) is 5.92 Å². The largest absolute Gasteiger partial charge is 0.381 e. The number of nitrogens with zero attached hydrogens (tertiary/aromatic N) is 1. The third-order valence-electron chi connectivity index (χ3n) is 4.59. The van der Waals surface area contributed by atoms with Gasteiger partial charge in [-0.25, -0.2) is 13.4 Å². The van der Waals surface area contributed by atoms with Crippen LogP contribution in [-0.2, 0) is 9.84 Å². The molecule has 0 aromatic carbocycles. The summed E-state index contributed by atoms with van der Waals surface area (Å²) in [6, 6.07) is 1.92. The van der Waals surface area contributed by atoms with Crippen LogP contribution in [0.3, 0.4) is 0 Å². The average Bonchev–Trinajstić information content (AvgIpc) is 3.08. The Labute approximate surface area is 126 Å². The number of aryl methyl sites for hydroxylation is 1. The highest BCUT2D eigenvalue weighted by molar-refractivity contribution is 7.90. The summed E-state index contributed by atoms with van der Waals surface area (Å²) in [6.07, 6.45) is 11.4. The molecule has 0 saturated heterocycles. The first-order chi connectivity index (χ1) is 9.95. The van der Waals surface area contributed by atoms with E-state index in [-0.39, 0.29) is 11.1 Å². The number of sulfone groups is 1. The van der Waals surface area contributed by atoms with Gasteiger partial charge in [0, 0.05) is 18.1 Å². The lowest BCUT2D eigenvalue weighted by atomic mass is 10.0. The van der Waals surface area contributed by atoms with Gasteiger partial charge < -0.3 is 5.32 Å². The van der Waals surface area contributed by atoms with Crippen LogP contribution in [0.4, 0.5) is 0 Å². The molecule has 1 atom stereocenters. The van der Waals surface area contributed by atoms with Gasteiger partial charge in [-0.05, 0) is 49.3 Å². The van der Waals surface area contributed by atoms with Crippen LogP contribution in [-0.4, -0.2) is 19.7 Å². The van der Waals surface area contributed by atoms with E-state index < -0.39 is 9.84 Å². The maximum absolute atomic E-state index is 11.6. The molecular formula is C16H22N2O2S. The Hall–Kier alpha value is -1.36. The van der Waals surface area contributed by atoms with Gasteiger partial charge in [-0.3, -0.25) is 0 Å². The molecule has 1 aromatic heterocycles. The van der Waals surface area contributed by atoms with E-state index in [1.807, 2.05) is 6.92 Å². The number of rotatable bonds is 3. The van der Waals surface area contributed by atoms with E-state index in [0.717, 1.165) is 17.5 Å². The molecule has 0 radical (unpaired) electrons.